The first kappa shape index (κ1) is 24.0. The first-order valence-corrected chi connectivity index (χ1v) is 10.6. The number of methoxy groups -OCH3 is 1. The minimum absolute atomic E-state index is 0.0729. The molecule has 3 rings (SSSR count). The Kier molecular flexibility index (Phi) is 7.82. The van der Waals surface area contributed by atoms with E-state index in [4.69, 9.17) is 19.9 Å². The van der Waals surface area contributed by atoms with E-state index >= 15 is 0 Å². The molecule has 3 N–H and O–H groups in total. The van der Waals surface area contributed by atoms with Gasteiger partial charge in [-0.1, -0.05) is 61.9 Å². The van der Waals surface area contributed by atoms with Gasteiger partial charge in [-0.2, -0.15) is 0 Å². The van der Waals surface area contributed by atoms with Crippen LogP contribution in [-0.4, -0.2) is 30.2 Å². The fourth-order valence-corrected chi connectivity index (χ4v) is 3.38. The predicted molar refractivity (Wildman–Crippen MR) is 123 cm³/mol. The molecule has 0 radical (unpaired) electrons. The van der Waals surface area contributed by atoms with Crippen molar-refractivity contribution in [1.29, 1.82) is 0 Å². The SMILES string of the molecule is CCCC(OC(O)(C(N)=O)c1ccc(Oc2ccccc2-c2ccccc2)cc1)C(=O)OC. The second-order valence-electron chi connectivity index (χ2n) is 7.42. The zero-order valence-electron chi connectivity index (χ0n) is 18.6. The van der Waals surface area contributed by atoms with Crippen LogP contribution in [0.3, 0.4) is 0 Å². The fourth-order valence-electron chi connectivity index (χ4n) is 3.38. The van der Waals surface area contributed by atoms with Crippen molar-refractivity contribution in [3.05, 3.63) is 84.4 Å². The largest absolute Gasteiger partial charge is 0.467 e. The summed E-state index contributed by atoms with van der Waals surface area (Å²) >= 11 is 0. The topological polar surface area (TPSA) is 108 Å². The second-order valence-corrected chi connectivity index (χ2v) is 7.42. The number of rotatable bonds is 10. The molecule has 0 heterocycles. The minimum Gasteiger partial charge on any atom is -0.467 e. The molecule has 7 heteroatoms. The zero-order valence-corrected chi connectivity index (χ0v) is 18.6. The zero-order chi connectivity index (χ0) is 23.8. The fraction of sp³-hybridized carbons (Fsp3) is 0.231. The van der Waals surface area contributed by atoms with Crippen molar-refractivity contribution in [3.8, 4) is 22.6 Å². The number of esters is 1. The van der Waals surface area contributed by atoms with Gasteiger partial charge in [0.2, 0.25) is 0 Å². The molecule has 2 atom stereocenters. The lowest BCUT2D eigenvalue weighted by molar-refractivity contribution is -0.234. The van der Waals surface area contributed by atoms with Gasteiger partial charge in [-0.25, -0.2) is 4.79 Å². The lowest BCUT2D eigenvalue weighted by atomic mass is 10.0. The van der Waals surface area contributed by atoms with E-state index in [0.717, 1.165) is 11.1 Å². The summed E-state index contributed by atoms with van der Waals surface area (Å²) in [5, 5.41) is 10.9. The number of benzene rings is 3. The van der Waals surface area contributed by atoms with Crippen molar-refractivity contribution in [2.45, 2.75) is 31.7 Å². The van der Waals surface area contributed by atoms with Crippen LogP contribution in [0.15, 0.2) is 78.9 Å². The van der Waals surface area contributed by atoms with E-state index < -0.39 is 23.8 Å². The monoisotopic (exact) mass is 449 g/mol. The van der Waals surface area contributed by atoms with E-state index in [1.165, 1.54) is 19.2 Å². The standard InChI is InChI=1S/C26H27NO6/c1-3-9-23(24(28)31-2)33-26(30,25(27)29)19-14-16-20(17-15-19)32-22-13-8-7-12-21(22)18-10-5-4-6-11-18/h4-8,10-17,23,30H,3,9H2,1-2H3,(H2,27,29). The van der Waals surface area contributed by atoms with E-state index in [1.54, 1.807) is 12.1 Å². The molecule has 33 heavy (non-hydrogen) atoms. The molecule has 0 aliphatic carbocycles. The van der Waals surface area contributed by atoms with Crippen LogP contribution in [0.25, 0.3) is 11.1 Å². The molecule has 0 bridgehead atoms. The molecular formula is C26H27NO6. The van der Waals surface area contributed by atoms with E-state index in [2.05, 4.69) is 0 Å². The average Bonchev–Trinajstić information content (AvgIpc) is 2.84. The molecule has 7 nitrogen and oxygen atoms in total. The summed E-state index contributed by atoms with van der Waals surface area (Å²) in [6, 6.07) is 23.5. The Hall–Kier alpha value is -3.68. The Balaban J connectivity index is 1.86. The Bertz CT molecular complexity index is 1080. The van der Waals surface area contributed by atoms with Crippen LogP contribution in [-0.2, 0) is 24.8 Å². The number of primary amides is 1. The molecule has 0 saturated heterocycles. The average molecular weight is 450 g/mol. The van der Waals surface area contributed by atoms with Crippen LogP contribution >= 0.6 is 0 Å². The first-order valence-electron chi connectivity index (χ1n) is 10.6. The van der Waals surface area contributed by atoms with Gasteiger partial charge in [0.05, 0.1) is 7.11 Å². The predicted octanol–water partition coefficient (Wildman–Crippen LogP) is 4.13. The third-order valence-electron chi connectivity index (χ3n) is 5.11. The summed E-state index contributed by atoms with van der Waals surface area (Å²) in [5.41, 5.74) is 7.43. The van der Waals surface area contributed by atoms with Gasteiger partial charge in [-0.3, -0.25) is 4.79 Å². The lowest BCUT2D eigenvalue weighted by Crippen LogP contribution is -2.47. The van der Waals surface area contributed by atoms with Crippen LogP contribution in [0.5, 0.6) is 11.5 Å². The van der Waals surface area contributed by atoms with Crippen LogP contribution in [0.4, 0.5) is 0 Å². The van der Waals surface area contributed by atoms with Crippen molar-refractivity contribution in [1.82, 2.24) is 0 Å². The summed E-state index contributed by atoms with van der Waals surface area (Å²) in [7, 11) is 1.21. The van der Waals surface area contributed by atoms with Crippen molar-refractivity contribution < 1.29 is 28.9 Å². The highest BCUT2D eigenvalue weighted by Gasteiger charge is 2.42. The molecule has 1 amide bonds. The van der Waals surface area contributed by atoms with E-state index in [-0.39, 0.29) is 12.0 Å². The van der Waals surface area contributed by atoms with Crippen molar-refractivity contribution in [2.75, 3.05) is 7.11 Å². The smallest absolute Gasteiger partial charge is 0.335 e. The number of hydrogen-bond donors (Lipinski definition) is 2. The quantitative estimate of drug-likeness (QED) is 0.356. The maximum absolute atomic E-state index is 12.1. The number of carbonyl (C=O) groups is 2. The molecule has 0 aliphatic heterocycles. The van der Waals surface area contributed by atoms with Gasteiger partial charge >= 0.3 is 5.97 Å². The molecular weight excluding hydrogens is 422 g/mol. The van der Waals surface area contributed by atoms with Gasteiger partial charge in [0.1, 0.15) is 11.5 Å². The summed E-state index contributed by atoms with van der Waals surface area (Å²) < 4.78 is 16.2. The van der Waals surface area contributed by atoms with Crippen LogP contribution < -0.4 is 10.5 Å². The van der Waals surface area contributed by atoms with Crippen molar-refractivity contribution in [2.24, 2.45) is 5.73 Å². The summed E-state index contributed by atoms with van der Waals surface area (Å²) in [5.74, 6) is -3.22. The normalized spacial score (nSPS) is 13.5. The number of aliphatic hydroxyl groups is 1. The third kappa shape index (κ3) is 5.58. The van der Waals surface area contributed by atoms with Gasteiger partial charge in [-0.05, 0) is 42.3 Å². The summed E-state index contributed by atoms with van der Waals surface area (Å²) in [4.78, 5) is 24.1. The number of nitrogens with two attached hydrogens (primary N) is 1. The molecule has 0 aliphatic rings. The third-order valence-corrected chi connectivity index (χ3v) is 5.11. The number of carbonyl (C=O) groups excluding carboxylic acids is 2. The highest BCUT2D eigenvalue weighted by atomic mass is 16.7. The molecule has 0 spiro atoms. The molecule has 0 saturated carbocycles. The van der Waals surface area contributed by atoms with E-state index in [9.17, 15) is 14.7 Å². The number of ether oxygens (including phenoxy) is 3. The molecule has 3 aromatic rings. The highest BCUT2D eigenvalue weighted by Crippen LogP contribution is 2.34. The van der Waals surface area contributed by atoms with E-state index in [0.29, 0.717) is 17.9 Å². The van der Waals surface area contributed by atoms with Crippen LogP contribution in [0, 0.1) is 0 Å². The first-order chi connectivity index (χ1) is 15.9. The van der Waals surface area contributed by atoms with E-state index in [1.807, 2.05) is 61.5 Å². The van der Waals surface area contributed by atoms with Gasteiger partial charge in [0.25, 0.3) is 11.7 Å². The Morgan fingerprint density at radius 1 is 0.970 bits per heavy atom. The maximum Gasteiger partial charge on any atom is 0.335 e. The van der Waals surface area contributed by atoms with Crippen molar-refractivity contribution >= 4 is 11.9 Å². The van der Waals surface area contributed by atoms with Gasteiger partial charge in [0, 0.05) is 11.1 Å². The Labute approximate surface area is 192 Å². The molecule has 0 fully saturated rings. The van der Waals surface area contributed by atoms with Crippen molar-refractivity contribution in [3.63, 3.8) is 0 Å². The van der Waals surface area contributed by atoms with Gasteiger partial charge < -0.3 is 25.1 Å². The molecule has 0 aromatic heterocycles. The minimum atomic E-state index is -2.51. The highest BCUT2D eigenvalue weighted by molar-refractivity contribution is 5.84. The number of hydrogen-bond acceptors (Lipinski definition) is 6. The maximum atomic E-state index is 12.1. The lowest BCUT2D eigenvalue weighted by Gasteiger charge is -2.29. The van der Waals surface area contributed by atoms with Crippen LogP contribution in [0.1, 0.15) is 25.3 Å². The number of para-hydroxylation sites is 1. The second kappa shape index (κ2) is 10.8. The Morgan fingerprint density at radius 2 is 1.61 bits per heavy atom. The van der Waals surface area contributed by atoms with Gasteiger partial charge in [0.15, 0.2) is 6.10 Å². The summed E-state index contributed by atoms with van der Waals surface area (Å²) in [6.07, 6.45) is -0.326. The molecule has 2 unspecified atom stereocenters. The van der Waals surface area contributed by atoms with Gasteiger partial charge in [-0.15, -0.1) is 0 Å². The Morgan fingerprint density at radius 3 is 2.21 bits per heavy atom. The number of amides is 1. The molecule has 172 valence electrons. The molecule has 3 aromatic carbocycles. The summed E-state index contributed by atoms with van der Waals surface area (Å²) in [6.45, 7) is 1.84. The van der Waals surface area contributed by atoms with Crippen LogP contribution in [0.2, 0.25) is 0 Å².